The molecule has 0 spiro atoms. The first-order valence-electron chi connectivity index (χ1n) is 7.45. The van der Waals surface area contributed by atoms with Gasteiger partial charge in [0.25, 0.3) is 5.91 Å². The highest BCUT2D eigenvalue weighted by molar-refractivity contribution is 6.01. The zero-order chi connectivity index (χ0) is 20.0. The fourth-order valence-corrected chi connectivity index (χ4v) is 2.72. The number of benzene rings is 2. The summed E-state index contributed by atoms with van der Waals surface area (Å²) in [5.74, 6) is -11.1. The van der Waals surface area contributed by atoms with Gasteiger partial charge < -0.3 is 4.74 Å². The van der Waals surface area contributed by atoms with E-state index in [0.717, 1.165) is 11.0 Å². The van der Waals surface area contributed by atoms with Crippen LogP contribution in [-0.2, 0) is 4.79 Å². The van der Waals surface area contributed by atoms with Crippen LogP contribution in [0.2, 0.25) is 0 Å². The van der Waals surface area contributed by atoms with Gasteiger partial charge in [-0.3, -0.25) is 9.69 Å². The van der Waals surface area contributed by atoms with Crippen LogP contribution in [0, 0.1) is 47.2 Å². The molecule has 1 aliphatic rings. The van der Waals surface area contributed by atoms with Crippen LogP contribution in [0.15, 0.2) is 12.1 Å². The molecule has 27 heavy (non-hydrogen) atoms. The summed E-state index contributed by atoms with van der Waals surface area (Å²) >= 11 is 0. The number of hydrogen-bond donors (Lipinski definition) is 0. The molecule has 0 saturated heterocycles. The fraction of sp³-hybridized carbons (Fsp3) is 0.167. The molecule has 1 atom stereocenters. The van der Waals surface area contributed by atoms with E-state index in [-0.39, 0.29) is 18.0 Å². The highest BCUT2D eigenvalue weighted by Gasteiger charge is 2.34. The quantitative estimate of drug-likeness (QED) is 0.339. The van der Waals surface area contributed by atoms with Gasteiger partial charge in [-0.1, -0.05) is 5.92 Å². The van der Waals surface area contributed by atoms with Crippen LogP contribution < -0.4 is 9.64 Å². The van der Waals surface area contributed by atoms with Crippen LogP contribution in [-0.4, -0.2) is 18.6 Å². The molecule has 1 aliphatic heterocycles. The Kier molecular flexibility index (Phi) is 4.51. The number of carbonyl (C=O) groups is 1. The number of halogens is 6. The van der Waals surface area contributed by atoms with Crippen molar-refractivity contribution in [3.63, 3.8) is 0 Å². The highest BCUT2D eigenvalue weighted by atomic mass is 19.2. The van der Waals surface area contributed by atoms with Gasteiger partial charge in [0.05, 0.1) is 17.8 Å². The molecule has 0 radical (unpaired) electrons. The van der Waals surface area contributed by atoms with Crippen LogP contribution in [0.3, 0.4) is 0 Å². The van der Waals surface area contributed by atoms with Crippen LogP contribution in [0.5, 0.6) is 5.75 Å². The summed E-state index contributed by atoms with van der Waals surface area (Å²) in [4.78, 5) is 13.2. The molecule has 1 amide bonds. The first kappa shape index (κ1) is 18.6. The van der Waals surface area contributed by atoms with E-state index in [0.29, 0.717) is 6.07 Å². The summed E-state index contributed by atoms with van der Waals surface area (Å²) in [5, 5.41) is 0. The maximum atomic E-state index is 14.4. The second-order valence-electron chi connectivity index (χ2n) is 5.63. The number of nitrogens with zero attached hydrogens (tertiary/aromatic N) is 1. The third-order valence-electron chi connectivity index (χ3n) is 3.99. The van der Waals surface area contributed by atoms with Crippen LogP contribution in [0.25, 0.3) is 11.1 Å². The highest BCUT2D eigenvalue weighted by Crippen LogP contribution is 2.41. The maximum Gasteiger partial charge on any atom is 0.268 e. The molecular weight excluding hydrogens is 376 g/mol. The molecule has 0 aromatic heterocycles. The molecule has 3 nitrogen and oxygen atoms in total. The Morgan fingerprint density at radius 2 is 1.59 bits per heavy atom. The lowest BCUT2D eigenvalue weighted by atomic mass is 10.0. The Balaban J connectivity index is 2.30. The molecule has 3 rings (SSSR count). The Labute approximate surface area is 149 Å². The zero-order valence-corrected chi connectivity index (χ0v) is 13.5. The van der Waals surface area contributed by atoms with Crippen LogP contribution in [0.4, 0.5) is 32.0 Å². The molecule has 0 unspecified atom stereocenters. The molecule has 0 fully saturated rings. The number of carbonyl (C=O) groups excluding carboxylic acids is 1. The van der Waals surface area contributed by atoms with E-state index in [4.69, 9.17) is 11.2 Å². The standard InChI is InChI=1S/C18H9F6NO2/c1-3-4-25-10-5-8(9(19)6-11(10)27-7(2)18(25)26)12-13(20)15(22)17(24)16(23)14(12)21/h1,5-7H,4H2,2H3/t7-/m1/s1. The summed E-state index contributed by atoms with van der Waals surface area (Å²) in [6, 6.07) is 1.44. The molecule has 2 aromatic rings. The van der Waals surface area contributed by atoms with Crippen molar-refractivity contribution in [3.8, 4) is 29.2 Å². The number of amides is 1. The largest absolute Gasteiger partial charge is 0.479 e. The van der Waals surface area contributed by atoms with Gasteiger partial charge in [-0.15, -0.1) is 6.42 Å². The van der Waals surface area contributed by atoms with E-state index in [1.807, 2.05) is 0 Å². The first-order valence-corrected chi connectivity index (χ1v) is 7.45. The van der Waals surface area contributed by atoms with Crippen LogP contribution in [0.1, 0.15) is 6.92 Å². The van der Waals surface area contributed by atoms with Crippen LogP contribution >= 0.6 is 0 Å². The number of ether oxygens (including phenoxy) is 1. The maximum absolute atomic E-state index is 14.4. The van der Waals surface area contributed by atoms with E-state index in [2.05, 4.69) is 5.92 Å². The summed E-state index contributed by atoms with van der Waals surface area (Å²) < 4.78 is 87.9. The minimum absolute atomic E-state index is 0.156. The second kappa shape index (κ2) is 6.54. The van der Waals surface area contributed by atoms with E-state index < -0.39 is 58.0 Å². The summed E-state index contributed by atoms with van der Waals surface area (Å²) in [5.41, 5.74) is -2.55. The lowest BCUT2D eigenvalue weighted by Gasteiger charge is -2.32. The lowest BCUT2D eigenvalue weighted by molar-refractivity contribution is -0.125. The van der Waals surface area contributed by atoms with Gasteiger partial charge in [-0.05, 0) is 13.0 Å². The number of hydrogen-bond acceptors (Lipinski definition) is 2. The number of rotatable bonds is 2. The lowest BCUT2D eigenvalue weighted by Crippen LogP contribution is -2.44. The molecular formula is C18H9F6NO2. The third kappa shape index (κ3) is 2.77. The van der Waals surface area contributed by atoms with E-state index in [1.165, 1.54) is 6.92 Å². The molecule has 2 aromatic carbocycles. The van der Waals surface area contributed by atoms with Gasteiger partial charge in [0.1, 0.15) is 11.6 Å². The Morgan fingerprint density at radius 3 is 2.15 bits per heavy atom. The predicted molar refractivity (Wildman–Crippen MR) is 82.9 cm³/mol. The van der Waals surface area contributed by atoms with Gasteiger partial charge >= 0.3 is 0 Å². The summed E-state index contributed by atoms with van der Waals surface area (Å²) in [6.45, 7) is 1.10. The van der Waals surface area contributed by atoms with Crippen molar-refractivity contribution >= 4 is 11.6 Å². The van der Waals surface area contributed by atoms with Gasteiger partial charge in [-0.2, -0.15) is 0 Å². The monoisotopic (exact) mass is 385 g/mol. The van der Waals surface area contributed by atoms with Crippen molar-refractivity contribution in [1.29, 1.82) is 0 Å². The smallest absolute Gasteiger partial charge is 0.268 e. The van der Waals surface area contributed by atoms with Crippen molar-refractivity contribution in [3.05, 3.63) is 47.0 Å². The van der Waals surface area contributed by atoms with E-state index >= 15 is 0 Å². The average Bonchev–Trinajstić information content (AvgIpc) is 2.63. The molecule has 0 N–H and O–H groups in total. The zero-order valence-electron chi connectivity index (χ0n) is 13.5. The molecule has 1 heterocycles. The second-order valence-corrected chi connectivity index (χ2v) is 5.63. The number of terminal acetylenes is 1. The average molecular weight is 385 g/mol. The van der Waals surface area contributed by atoms with Crippen molar-refractivity contribution in [2.45, 2.75) is 13.0 Å². The van der Waals surface area contributed by atoms with Gasteiger partial charge in [0.2, 0.25) is 5.82 Å². The molecule has 0 bridgehead atoms. The van der Waals surface area contributed by atoms with Gasteiger partial charge in [0.15, 0.2) is 29.4 Å². The summed E-state index contributed by atoms with van der Waals surface area (Å²) in [7, 11) is 0. The number of fused-ring (bicyclic) bond motifs is 1. The Bertz CT molecular complexity index is 985. The normalized spacial score (nSPS) is 16.0. The summed E-state index contributed by atoms with van der Waals surface area (Å²) in [6.07, 6.45) is 4.18. The first-order chi connectivity index (χ1) is 12.7. The fourth-order valence-electron chi connectivity index (χ4n) is 2.72. The minimum atomic E-state index is -2.37. The van der Waals surface area contributed by atoms with E-state index in [9.17, 15) is 31.1 Å². The molecule has 140 valence electrons. The van der Waals surface area contributed by atoms with Crippen molar-refractivity contribution in [1.82, 2.24) is 0 Å². The van der Waals surface area contributed by atoms with Gasteiger partial charge in [-0.25, -0.2) is 26.3 Å². The predicted octanol–water partition coefficient (Wildman–Crippen LogP) is 3.94. The molecule has 9 heteroatoms. The van der Waals surface area contributed by atoms with Crippen molar-refractivity contribution < 1.29 is 35.9 Å². The van der Waals surface area contributed by atoms with Crippen molar-refractivity contribution in [2.75, 3.05) is 11.4 Å². The topological polar surface area (TPSA) is 29.5 Å². The molecule has 0 saturated carbocycles. The van der Waals surface area contributed by atoms with Crippen molar-refractivity contribution in [2.24, 2.45) is 0 Å². The number of anilines is 1. The Morgan fingerprint density at radius 1 is 1.04 bits per heavy atom. The SMILES string of the molecule is C#CCN1C(=O)[C@@H](C)Oc2cc(F)c(-c3c(F)c(F)c(F)c(F)c3F)cc21. The third-order valence-corrected chi connectivity index (χ3v) is 3.99. The Hall–Kier alpha value is -3.15. The van der Waals surface area contributed by atoms with E-state index in [1.54, 1.807) is 0 Å². The minimum Gasteiger partial charge on any atom is -0.479 e. The van der Waals surface area contributed by atoms with Gasteiger partial charge in [0, 0.05) is 11.6 Å². The molecule has 0 aliphatic carbocycles.